The molecule has 0 saturated carbocycles. The van der Waals surface area contributed by atoms with Gasteiger partial charge >= 0.3 is 0 Å². The summed E-state index contributed by atoms with van der Waals surface area (Å²) in [5.41, 5.74) is 9.75. The molecule has 0 aliphatic heterocycles. The third-order valence-electron chi connectivity index (χ3n) is 4.94. The van der Waals surface area contributed by atoms with Crippen molar-refractivity contribution in [1.82, 2.24) is 0 Å². The maximum atomic E-state index is 7.15. The van der Waals surface area contributed by atoms with E-state index in [0.717, 1.165) is 11.1 Å². The fraction of sp³-hybridized carbons (Fsp3) is 0.182. The first-order valence-corrected chi connectivity index (χ1v) is 8.02. The van der Waals surface area contributed by atoms with Crippen LogP contribution in [0, 0.1) is 0 Å². The van der Waals surface area contributed by atoms with Crippen LogP contribution in [0.3, 0.4) is 0 Å². The molecule has 0 spiro atoms. The third-order valence-corrected chi connectivity index (χ3v) is 4.94. The Hall–Kier alpha value is -2.32. The molecule has 3 radical (unpaired) electrons. The Kier molecular flexibility index (Phi) is 5.31. The first kappa shape index (κ1) is 18.0. The number of hydrogen-bond acceptors (Lipinski definition) is 1. The van der Waals surface area contributed by atoms with Gasteiger partial charge in [0.25, 0.3) is 0 Å². The first-order valence-electron chi connectivity index (χ1n) is 8.02. The number of hydrogen-bond donors (Lipinski definition) is 1. The standard InChI is InChI=1S/C22H23N.B/c1-21(2,18-12-6-3-7-13-18)22(23,19-14-8-4-9-15-19)20-16-10-5-11-17-20;/h3-17H,23H2,1-2H3;. The van der Waals surface area contributed by atoms with E-state index in [1.165, 1.54) is 5.56 Å². The second-order valence-electron chi connectivity index (χ2n) is 6.53. The minimum Gasteiger partial charge on any atom is -0.317 e. The van der Waals surface area contributed by atoms with E-state index in [-0.39, 0.29) is 13.8 Å². The lowest BCUT2D eigenvalue weighted by atomic mass is 9.62. The smallest absolute Gasteiger partial charge is 0.0758 e. The molecule has 0 aliphatic rings. The van der Waals surface area contributed by atoms with Crippen LogP contribution >= 0.6 is 0 Å². The molecular formula is C22H23BN. The average Bonchev–Trinajstić information content (AvgIpc) is 2.63. The van der Waals surface area contributed by atoms with E-state index in [9.17, 15) is 0 Å². The van der Waals surface area contributed by atoms with Crippen molar-refractivity contribution in [3.05, 3.63) is 108 Å². The number of rotatable bonds is 4. The minimum atomic E-state index is -0.614. The van der Waals surface area contributed by atoms with Gasteiger partial charge in [-0.1, -0.05) is 105 Å². The van der Waals surface area contributed by atoms with Gasteiger partial charge in [0.05, 0.1) is 5.54 Å². The van der Waals surface area contributed by atoms with Crippen LogP contribution in [0.4, 0.5) is 0 Å². The summed E-state index contributed by atoms with van der Waals surface area (Å²) < 4.78 is 0. The van der Waals surface area contributed by atoms with Gasteiger partial charge in [-0.3, -0.25) is 0 Å². The van der Waals surface area contributed by atoms with Crippen LogP contribution in [0.2, 0.25) is 0 Å². The Bertz CT molecular complexity index is 712. The van der Waals surface area contributed by atoms with E-state index in [1.807, 2.05) is 18.2 Å². The highest BCUT2D eigenvalue weighted by Crippen LogP contribution is 2.44. The molecule has 0 aromatic heterocycles. The number of nitrogens with two attached hydrogens (primary N) is 1. The predicted octanol–water partition coefficient (Wildman–Crippen LogP) is 4.49. The molecule has 0 unspecified atom stereocenters. The summed E-state index contributed by atoms with van der Waals surface area (Å²) in [6.07, 6.45) is 0. The molecule has 3 aromatic carbocycles. The highest BCUT2D eigenvalue weighted by molar-refractivity contribution is 5.75. The largest absolute Gasteiger partial charge is 0.317 e. The zero-order valence-electron chi connectivity index (χ0n) is 14.3. The molecular weight excluding hydrogens is 289 g/mol. The lowest BCUT2D eigenvalue weighted by molar-refractivity contribution is 0.313. The predicted molar refractivity (Wildman–Crippen MR) is 103 cm³/mol. The molecule has 0 bridgehead atoms. The molecule has 0 atom stereocenters. The summed E-state index contributed by atoms with van der Waals surface area (Å²) in [4.78, 5) is 0. The zero-order valence-corrected chi connectivity index (χ0v) is 14.3. The normalized spacial score (nSPS) is 11.6. The molecule has 0 aliphatic carbocycles. The molecule has 3 aromatic rings. The Morgan fingerprint density at radius 1 is 0.542 bits per heavy atom. The van der Waals surface area contributed by atoms with Gasteiger partial charge in [-0.25, -0.2) is 0 Å². The molecule has 1 nitrogen and oxygen atoms in total. The van der Waals surface area contributed by atoms with Crippen LogP contribution < -0.4 is 5.73 Å². The van der Waals surface area contributed by atoms with Crippen molar-refractivity contribution < 1.29 is 0 Å². The van der Waals surface area contributed by atoms with Crippen LogP contribution in [0.5, 0.6) is 0 Å². The lowest BCUT2D eigenvalue weighted by Gasteiger charge is -2.45. The summed E-state index contributed by atoms with van der Waals surface area (Å²) in [6, 6.07) is 31.3. The second-order valence-corrected chi connectivity index (χ2v) is 6.53. The Labute approximate surface area is 147 Å². The number of benzene rings is 3. The van der Waals surface area contributed by atoms with Crippen molar-refractivity contribution in [2.45, 2.75) is 24.8 Å². The van der Waals surface area contributed by atoms with E-state index in [2.05, 4.69) is 86.6 Å². The average molecular weight is 312 g/mol. The van der Waals surface area contributed by atoms with Gasteiger partial charge in [0, 0.05) is 13.8 Å². The van der Waals surface area contributed by atoms with Crippen molar-refractivity contribution in [3.63, 3.8) is 0 Å². The SMILES string of the molecule is CC(C)(c1ccccc1)C(N)(c1ccccc1)c1ccccc1.[B]. The van der Waals surface area contributed by atoms with Crippen LogP contribution in [0.15, 0.2) is 91.0 Å². The monoisotopic (exact) mass is 312 g/mol. The highest BCUT2D eigenvalue weighted by Gasteiger charge is 2.45. The lowest BCUT2D eigenvalue weighted by Crippen LogP contribution is -2.53. The maximum absolute atomic E-state index is 7.15. The van der Waals surface area contributed by atoms with Gasteiger partial charge in [0.2, 0.25) is 0 Å². The fourth-order valence-electron chi connectivity index (χ4n) is 3.37. The highest BCUT2D eigenvalue weighted by atomic mass is 14.8. The molecule has 0 heterocycles. The summed E-state index contributed by atoms with van der Waals surface area (Å²) >= 11 is 0. The van der Waals surface area contributed by atoms with E-state index in [1.54, 1.807) is 0 Å². The van der Waals surface area contributed by atoms with Crippen LogP contribution in [0.25, 0.3) is 0 Å². The Morgan fingerprint density at radius 2 is 0.833 bits per heavy atom. The molecule has 0 saturated heterocycles. The fourth-order valence-corrected chi connectivity index (χ4v) is 3.37. The van der Waals surface area contributed by atoms with E-state index < -0.39 is 5.54 Å². The zero-order chi connectivity index (χ0) is 16.3. The molecule has 119 valence electrons. The van der Waals surface area contributed by atoms with Gasteiger partial charge < -0.3 is 5.73 Å². The Balaban J connectivity index is 0.00000208. The van der Waals surface area contributed by atoms with Crippen molar-refractivity contribution in [2.75, 3.05) is 0 Å². The van der Waals surface area contributed by atoms with Crippen molar-refractivity contribution >= 4 is 8.41 Å². The van der Waals surface area contributed by atoms with Crippen LogP contribution in [0.1, 0.15) is 30.5 Å². The molecule has 0 fully saturated rings. The summed E-state index contributed by atoms with van der Waals surface area (Å²) in [5, 5.41) is 0. The molecule has 0 amide bonds. The summed E-state index contributed by atoms with van der Waals surface area (Å²) in [6.45, 7) is 4.45. The van der Waals surface area contributed by atoms with E-state index in [4.69, 9.17) is 5.73 Å². The van der Waals surface area contributed by atoms with Crippen LogP contribution in [-0.4, -0.2) is 8.41 Å². The molecule has 3 rings (SSSR count). The molecule has 2 N–H and O–H groups in total. The van der Waals surface area contributed by atoms with Gasteiger partial charge in [-0.15, -0.1) is 0 Å². The van der Waals surface area contributed by atoms with Gasteiger partial charge in [0.1, 0.15) is 0 Å². The maximum Gasteiger partial charge on any atom is 0.0758 e. The summed E-state index contributed by atoms with van der Waals surface area (Å²) in [7, 11) is 0. The second kappa shape index (κ2) is 7.06. The van der Waals surface area contributed by atoms with Gasteiger partial charge in [0.15, 0.2) is 0 Å². The molecule has 24 heavy (non-hydrogen) atoms. The molecule has 2 heteroatoms. The quantitative estimate of drug-likeness (QED) is 0.706. The van der Waals surface area contributed by atoms with Gasteiger partial charge in [-0.2, -0.15) is 0 Å². The topological polar surface area (TPSA) is 26.0 Å². The van der Waals surface area contributed by atoms with E-state index >= 15 is 0 Å². The van der Waals surface area contributed by atoms with Crippen molar-refractivity contribution in [3.8, 4) is 0 Å². The van der Waals surface area contributed by atoms with Crippen LogP contribution in [-0.2, 0) is 11.0 Å². The third kappa shape index (κ3) is 2.90. The van der Waals surface area contributed by atoms with Crippen molar-refractivity contribution in [2.24, 2.45) is 5.73 Å². The minimum absolute atomic E-state index is 0. The summed E-state index contributed by atoms with van der Waals surface area (Å²) in [5.74, 6) is 0. The Morgan fingerprint density at radius 3 is 1.17 bits per heavy atom. The van der Waals surface area contributed by atoms with Crippen molar-refractivity contribution in [1.29, 1.82) is 0 Å². The van der Waals surface area contributed by atoms with E-state index in [0.29, 0.717) is 0 Å². The van der Waals surface area contributed by atoms with Gasteiger partial charge in [-0.05, 0) is 16.7 Å². The first-order chi connectivity index (χ1) is 11.1.